The average molecular weight is 396 g/mol. The molecule has 0 bridgehead atoms. The van der Waals surface area contributed by atoms with E-state index < -0.39 is 32.6 Å². The van der Waals surface area contributed by atoms with Crippen molar-refractivity contribution < 1.29 is 21.9 Å². The molecule has 3 rings (SSSR count). The van der Waals surface area contributed by atoms with Crippen LogP contribution in [0.1, 0.15) is 17.2 Å². The van der Waals surface area contributed by atoms with Crippen molar-refractivity contribution in [2.45, 2.75) is 17.9 Å². The maximum atomic E-state index is 14.0. The molecule has 0 spiro atoms. The van der Waals surface area contributed by atoms with Gasteiger partial charge in [-0.3, -0.25) is 4.90 Å². The number of benzene rings is 2. The van der Waals surface area contributed by atoms with E-state index in [1.165, 1.54) is 0 Å². The standard InChI is InChI=1S/C19H22F2N2O3S/c1-14-5-7-15(8-6-14)18(13-23-9-11-26-12-10-23)22-27(24,25)19-16(20)3-2-4-17(19)21/h2-8,18,22H,9-13H2,1H3/t18-/m1/s1. The first-order chi connectivity index (χ1) is 12.9. The molecule has 27 heavy (non-hydrogen) atoms. The molecule has 0 saturated carbocycles. The minimum absolute atomic E-state index is 0.377. The van der Waals surface area contributed by atoms with Gasteiger partial charge in [0, 0.05) is 19.6 Å². The third-order valence-electron chi connectivity index (χ3n) is 4.51. The molecule has 1 aliphatic rings. The van der Waals surface area contributed by atoms with Gasteiger partial charge in [-0.15, -0.1) is 0 Å². The highest BCUT2D eigenvalue weighted by atomic mass is 32.2. The Morgan fingerprint density at radius 1 is 1.07 bits per heavy atom. The first-order valence-electron chi connectivity index (χ1n) is 8.70. The number of morpholine rings is 1. The van der Waals surface area contributed by atoms with E-state index in [0.29, 0.717) is 32.8 Å². The molecule has 8 heteroatoms. The highest BCUT2D eigenvalue weighted by Crippen LogP contribution is 2.23. The summed E-state index contributed by atoms with van der Waals surface area (Å²) in [6.45, 7) is 4.77. The number of ether oxygens (including phenoxy) is 1. The Hall–Kier alpha value is -1.87. The largest absolute Gasteiger partial charge is 0.379 e. The number of aryl methyl sites for hydroxylation is 1. The van der Waals surface area contributed by atoms with Gasteiger partial charge in [0.05, 0.1) is 19.3 Å². The molecule has 0 aliphatic carbocycles. The zero-order chi connectivity index (χ0) is 19.4. The van der Waals surface area contributed by atoms with Crippen LogP contribution in [-0.4, -0.2) is 46.2 Å². The summed E-state index contributed by atoms with van der Waals surface area (Å²) in [5.41, 5.74) is 1.76. The summed E-state index contributed by atoms with van der Waals surface area (Å²) in [5, 5.41) is 0. The van der Waals surface area contributed by atoms with E-state index in [1.807, 2.05) is 31.2 Å². The second-order valence-corrected chi connectivity index (χ2v) is 8.20. The van der Waals surface area contributed by atoms with Crippen molar-refractivity contribution >= 4 is 10.0 Å². The molecule has 2 aromatic carbocycles. The van der Waals surface area contributed by atoms with Crippen molar-refractivity contribution in [3.05, 3.63) is 65.2 Å². The molecule has 1 N–H and O–H groups in total. The van der Waals surface area contributed by atoms with Gasteiger partial charge in [0.1, 0.15) is 11.6 Å². The Balaban J connectivity index is 1.91. The first-order valence-corrected chi connectivity index (χ1v) is 10.2. The second-order valence-electron chi connectivity index (χ2n) is 6.55. The third-order valence-corrected chi connectivity index (χ3v) is 6.03. The van der Waals surface area contributed by atoms with Gasteiger partial charge in [-0.2, -0.15) is 0 Å². The summed E-state index contributed by atoms with van der Waals surface area (Å²) < 4.78 is 61.3. The fourth-order valence-corrected chi connectivity index (χ4v) is 4.39. The molecule has 0 amide bonds. The van der Waals surface area contributed by atoms with Crippen molar-refractivity contribution in [2.24, 2.45) is 0 Å². The third kappa shape index (κ3) is 4.90. The molecule has 0 unspecified atom stereocenters. The molecule has 2 aromatic rings. The van der Waals surface area contributed by atoms with Crippen molar-refractivity contribution in [3.8, 4) is 0 Å². The Labute approximate surface area is 158 Å². The number of hydrogen-bond donors (Lipinski definition) is 1. The maximum absolute atomic E-state index is 14.0. The van der Waals surface area contributed by atoms with Gasteiger partial charge in [-0.25, -0.2) is 21.9 Å². The number of sulfonamides is 1. The molecule has 1 atom stereocenters. The van der Waals surface area contributed by atoms with E-state index >= 15 is 0 Å². The average Bonchev–Trinajstić information content (AvgIpc) is 2.62. The lowest BCUT2D eigenvalue weighted by atomic mass is 10.1. The lowest BCUT2D eigenvalue weighted by molar-refractivity contribution is 0.0345. The van der Waals surface area contributed by atoms with Crippen LogP contribution in [0.15, 0.2) is 47.4 Å². The summed E-state index contributed by atoms with van der Waals surface area (Å²) >= 11 is 0. The van der Waals surface area contributed by atoms with Crippen LogP contribution < -0.4 is 4.72 Å². The molecular formula is C19H22F2N2O3S. The molecule has 146 valence electrons. The molecule has 1 heterocycles. The van der Waals surface area contributed by atoms with Gasteiger partial charge in [0.25, 0.3) is 0 Å². The monoisotopic (exact) mass is 396 g/mol. The molecule has 5 nitrogen and oxygen atoms in total. The van der Waals surface area contributed by atoms with Gasteiger partial charge in [0.2, 0.25) is 10.0 Å². The zero-order valence-corrected chi connectivity index (χ0v) is 15.8. The molecule has 1 saturated heterocycles. The number of hydrogen-bond acceptors (Lipinski definition) is 4. The SMILES string of the molecule is Cc1ccc([C@@H](CN2CCOCC2)NS(=O)(=O)c2c(F)cccc2F)cc1. The minimum Gasteiger partial charge on any atom is -0.379 e. The summed E-state index contributed by atoms with van der Waals surface area (Å²) in [4.78, 5) is 1.11. The van der Waals surface area contributed by atoms with E-state index in [0.717, 1.165) is 29.3 Å². The first kappa shape index (κ1) is 19.9. The Morgan fingerprint density at radius 2 is 1.67 bits per heavy atom. The van der Waals surface area contributed by atoms with E-state index in [9.17, 15) is 17.2 Å². The van der Waals surface area contributed by atoms with Gasteiger partial charge in [0.15, 0.2) is 4.90 Å². The molecule has 0 aromatic heterocycles. The topological polar surface area (TPSA) is 58.6 Å². The van der Waals surface area contributed by atoms with Crippen molar-refractivity contribution in [1.29, 1.82) is 0 Å². The van der Waals surface area contributed by atoms with Crippen LogP contribution in [-0.2, 0) is 14.8 Å². The van der Waals surface area contributed by atoms with E-state index in [-0.39, 0.29) is 0 Å². The number of rotatable bonds is 6. The Kier molecular flexibility index (Phi) is 6.21. The van der Waals surface area contributed by atoms with E-state index in [1.54, 1.807) is 0 Å². The fourth-order valence-electron chi connectivity index (χ4n) is 3.04. The van der Waals surface area contributed by atoms with Crippen molar-refractivity contribution in [2.75, 3.05) is 32.8 Å². The van der Waals surface area contributed by atoms with Crippen LogP contribution in [0.3, 0.4) is 0 Å². The number of halogens is 2. The van der Waals surface area contributed by atoms with Crippen LogP contribution in [0, 0.1) is 18.6 Å². The molecule has 1 fully saturated rings. The van der Waals surface area contributed by atoms with Gasteiger partial charge >= 0.3 is 0 Å². The fraction of sp³-hybridized carbons (Fsp3) is 0.368. The second kappa shape index (κ2) is 8.43. The number of nitrogens with zero attached hydrogens (tertiary/aromatic N) is 1. The van der Waals surface area contributed by atoms with Gasteiger partial charge in [-0.05, 0) is 24.6 Å². The van der Waals surface area contributed by atoms with Crippen molar-refractivity contribution in [3.63, 3.8) is 0 Å². The quantitative estimate of drug-likeness (QED) is 0.816. The van der Waals surface area contributed by atoms with Crippen molar-refractivity contribution in [1.82, 2.24) is 9.62 Å². The zero-order valence-electron chi connectivity index (χ0n) is 15.0. The molecular weight excluding hydrogens is 374 g/mol. The van der Waals surface area contributed by atoms with E-state index in [2.05, 4.69) is 9.62 Å². The summed E-state index contributed by atoms with van der Waals surface area (Å²) in [5.74, 6) is -2.23. The highest BCUT2D eigenvalue weighted by molar-refractivity contribution is 7.89. The predicted octanol–water partition coefficient (Wildman–Crippen LogP) is 2.63. The van der Waals surface area contributed by atoms with Crippen LogP contribution in [0.2, 0.25) is 0 Å². The lowest BCUT2D eigenvalue weighted by Gasteiger charge is -2.31. The minimum atomic E-state index is -4.39. The smallest absolute Gasteiger partial charge is 0.247 e. The Bertz CT molecular complexity index is 862. The van der Waals surface area contributed by atoms with Gasteiger partial charge < -0.3 is 4.74 Å². The Morgan fingerprint density at radius 3 is 2.26 bits per heavy atom. The van der Waals surface area contributed by atoms with Gasteiger partial charge in [-0.1, -0.05) is 35.9 Å². The van der Waals surface area contributed by atoms with Crippen LogP contribution >= 0.6 is 0 Å². The number of nitrogens with one attached hydrogen (secondary N) is 1. The molecule has 0 radical (unpaired) electrons. The summed E-state index contributed by atoms with van der Waals surface area (Å²) in [7, 11) is -4.39. The lowest BCUT2D eigenvalue weighted by Crippen LogP contribution is -2.43. The maximum Gasteiger partial charge on any atom is 0.247 e. The predicted molar refractivity (Wildman–Crippen MR) is 97.9 cm³/mol. The van der Waals surface area contributed by atoms with Crippen LogP contribution in [0.4, 0.5) is 8.78 Å². The van der Waals surface area contributed by atoms with Crippen LogP contribution in [0.5, 0.6) is 0 Å². The summed E-state index contributed by atoms with van der Waals surface area (Å²) in [6.07, 6.45) is 0. The van der Waals surface area contributed by atoms with Crippen LogP contribution in [0.25, 0.3) is 0 Å². The normalized spacial score (nSPS) is 17.0. The molecule has 1 aliphatic heterocycles. The van der Waals surface area contributed by atoms with E-state index in [4.69, 9.17) is 4.74 Å². The highest BCUT2D eigenvalue weighted by Gasteiger charge is 2.29. The summed E-state index contributed by atoms with van der Waals surface area (Å²) in [6, 6.07) is 9.74.